The van der Waals surface area contributed by atoms with Crippen LogP contribution >= 0.6 is 11.3 Å². The smallest absolute Gasteiger partial charge is 0.115 e. The largest absolute Gasteiger partial charge is 0.508 e. The van der Waals surface area contributed by atoms with Gasteiger partial charge in [0.25, 0.3) is 0 Å². The van der Waals surface area contributed by atoms with Crippen LogP contribution in [0.25, 0.3) is 0 Å². The molecule has 112 valence electrons. The van der Waals surface area contributed by atoms with Crippen molar-refractivity contribution < 1.29 is 5.11 Å². The molecule has 3 atom stereocenters. The van der Waals surface area contributed by atoms with Crippen molar-refractivity contribution in [3.63, 3.8) is 0 Å². The van der Waals surface area contributed by atoms with Gasteiger partial charge in [-0.15, -0.1) is 0 Å². The third kappa shape index (κ3) is 3.12. The fraction of sp³-hybridized carbons (Fsp3) is 0.412. The predicted molar refractivity (Wildman–Crippen MR) is 87.9 cm³/mol. The van der Waals surface area contributed by atoms with Crippen LogP contribution in [-0.2, 0) is 0 Å². The number of phenolic OH excluding ortho intramolecular Hbond substituents is 1. The van der Waals surface area contributed by atoms with Crippen LogP contribution in [-0.4, -0.2) is 35.2 Å². The van der Waals surface area contributed by atoms with E-state index in [1.165, 1.54) is 5.56 Å². The lowest BCUT2D eigenvalue weighted by Crippen LogP contribution is -2.55. The van der Waals surface area contributed by atoms with Crippen molar-refractivity contribution in [2.24, 2.45) is 0 Å². The number of thiophene rings is 1. The van der Waals surface area contributed by atoms with Crippen LogP contribution < -0.4 is 5.32 Å². The van der Waals surface area contributed by atoms with Gasteiger partial charge < -0.3 is 10.4 Å². The van der Waals surface area contributed by atoms with E-state index in [1.807, 2.05) is 12.1 Å². The van der Waals surface area contributed by atoms with Crippen LogP contribution in [0, 0.1) is 0 Å². The quantitative estimate of drug-likeness (QED) is 0.914. The Bertz CT molecular complexity index is 584. The molecule has 2 N–H and O–H groups in total. The summed E-state index contributed by atoms with van der Waals surface area (Å²) in [6.07, 6.45) is 0. The molecule has 0 radical (unpaired) electrons. The summed E-state index contributed by atoms with van der Waals surface area (Å²) in [5, 5.41) is 17.7. The third-order valence-corrected chi connectivity index (χ3v) is 4.89. The Morgan fingerprint density at radius 3 is 2.86 bits per heavy atom. The number of benzene rings is 1. The molecule has 2 heterocycles. The number of hydrogen-bond donors (Lipinski definition) is 2. The highest BCUT2D eigenvalue weighted by Crippen LogP contribution is 2.34. The summed E-state index contributed by atoms with van der Waals surface area (Å²) in [7, 11) is 0. The highest BCUT2D eigenvalue weighted by Gasteiger charge is 2.31. The minimum atomic E-state index is 0.211. The summed E-state index contributed by atoms with van der Waals surface area (Å²) in [5.41, 5.74) is 2.47. The van der Waals surface area contributed by atoms with E-state index in [-0.39, 0.29) is 6.04 Å². The Morgan fingerprint density at radius 1 is 1.29 bits per heavy atom. The number of aromatic hydroxyl groups is 1. The zero-order valence-electron chi connectivity index (χ0n) is 12.5. The second-order valence-corrected chi connectivity index (χ2v) is 6.69. The lowest BCUT2D eigenvalue weighted by molar-refractivity contribution is 0.113. The molecule has 3 nitrogen and oxygen atoms in total. The van der Waals surface area contributed by atoms with E-state index in [2.05, 4.69) is 47.0 Å². The van der Waals surface area contributed by atoms with Gasteiger partial charge in [-0.2, -0.15) is 11.3 Å². The first-order chi connectivity index (χ1) is 10.1. The molecule has 0 saturated carbocycles. The van der Waals surface area contributed by atoms with Crippen molar-refractivity contribution in [3.8, 4) is 5.75 Å². The van der Waals surface area contributed by atoms with Gasteiger partial charge in [0.2, 0.25) is 0 Å². The Balaban J connectivity index is 2.00. The summed E-state index contributed by atoms with van der Waals surface area (Å²) in [6.45, 7) is 6.50. The van der Waals surface area contributed by atoms with Gasteiger partial charge in [-0.25, -0.2) is 0 Å². The van der Waals surface area contributed by atoms with Gasteiger partial charge in [-0.3, -0.25) is 4.90 Å². The molecule has 0 unspecified atom stereocenters. The highest BCUT2D eigenvalue weighted by molar-refractivity contribution is 7.08. The minimum absolute atomic E-state index is 0.211. The number of piperazine rings is 1. The van der Waals surface area contributed by atoms with E-state index < -0.39 is 0 Å². The van der Waals surface area contributed by atoms with Crippen LogP contribution in [0.5, 0.6) is 5.75 Å². The standard InChI is InChI=1S/C17H22N2OS/c1-12-10-19(13(2)9-18-12)17(15-6-7-21-11-15)14-4-3-5-16(20)8-14/h3-8,11-13,17-18,20H,9-10H2,1-2H3/t12-,13+,17+/m1/s1. The fourth-order valence-electron chi connectivity index (χ4n) is 3.11. The first kappa shape index (κ1) is 14.6. The van der Waals surface area contributed by atoms with Crippen molar-refractivity contribution in [1.29, 1.82) is 0 Å². The normalized spacial score (nSPS) is 24.9. The van der Waals surface area contributed by atoms with Crippen LogP contribution in [0.1, 0.15) is 31.0 Å². The molecule has 2 aromatic rings. The number of phenols is 1. The van der Waals surface area contributed by atoms with E-state index in [0.717, 1.165) is 18.7 Å². The number of hydrogen-bond acceptors (Lipinski definition) is 4. The van der Waals surface area contributed by atoms with Crippen LogP contribution in [0.4, 0.5) is 0 Å². The molecule has 1 aliphatic rings. The van der Waals surface area contributed by atoms with Crippen molar-refractivity contribution in [2.45, 2.75) is 32.0 Å². The van der Waals surface area contributed by atoms with Gasteiger partial charge in [0.15, 0.2) is 0 Å². The second-order valence-electron chi connectivity index (χ2n) is 5.91. The molecule has 21 heavy (non-hydrogen) atoms. The van der Waals surface area contributed by atoms with Crippen molar-refractivity contribution >= 4 is 11.3 Å². The molecule has 1 aromatic carbocycles. The third-order valence-electron chi connectivity index (χ3n) is 4.19. The Labute approximate surface area is 130 Å². The topological polar surface area (TPSA) is 35.5 Å². The zero-order chi connectivity index (χ0) is 14.8. The Hall–Kier alpha value is -1.36. The van der Waals surface area contributed by atoms with Gasteiger partial charge >= 0.3 is 0 Å². The van der Waals surface area contributed by atoms with E-state index in [4.69, 9.17) is 0 Å². The van der Waals surface area contributed by atoms with E-state index in [1.54, 1.807) is 17.4 Å². The molecule has 1 saturated heterocycles. The van der Waals surface area contributed by atoms with Gasteiger partial charge in [-0.05, 0) is 53.9 Å². The SMILES string of the molecule is C[C@@H]1CN([C@H](c2ccsc2)c2cccc(O)c2)[C@@H](C)CN1. The number of nitrogens with zero attached hydrogens (tertiary/aromatic N) is 1. The predicted octanol–water partition coefficient (Wildman–Crippen LogP) is 3.23. The maximum Gasteiger partial charge on any atom is 0.115 e. The first-order valence-electron chi connectivity index (χ1n) is 7.45. The maximum absolute atomic E-state index is 9.85. The number of rotatable bonds is 3. The summed E-state index contributed by atoms with van der Waals surface area (Å²) >= 11 is 1.73. The zero-order valence-corrected chi connectivity index (χ0v) is 13.3. The lowest BCUT2D eigenvalue weighted by Gasteiger charge is -2.42. The van der Waals surface area contributed by atoms with Gasteiger partial charge in [0.1, 0.15) is 5.75 Å². The molecule has 0 bridgehead atoms. The van der Waals surface area contributed by atoms with Gasteiger partial charge in [-0.1, -0.05) is 12.1 Å². The Kier molecular flexibility index (Phi) is 4.29. The lowest BCUT2D eigenvalue weighted by atomic mass is 9.96. The monoisotopic (exact) mass is 302 g/mol. The minimum Gasteiger partial charge on any atom is -0.508 e. The molecular formula is C17H22N2OS. The molecule has 0 aliphatic carbocycles. The van der Waals surface area contributed by atoms with Gasteiger partial charge in [0, 0.05) is 25.2 Å². The molecule has 1 aliphatic heterocycles. The van der Waals surface area contributed by atoms with Gasteiger partial charge in [0.05, 0.1) is 6.04 Å². The van der Waals surface area contributed by atoms with Crippen LogP contribution in [0.2, 0.25) is 0 Å². The van der Waals surface area contributed by atoms with E-state index >= 15 is 0 Å². The first-order valence-corrected chi connectivity index (χ1v) is 8.39. The van der Waals surface area contributed by atoms with Crippen LogP contribution in [0.15, 0.2) is 41.1 Å². The van der Waals surface area contributed by atoms with Crippen molar-refractivity contribution in [2.75, 3.05) is 13.1 Å². The van der Waals surface area contributed by atoms with Crippen LogP contribution in [0.3, 0.4) is 0 Å². The molecule has 1 fully saturated rings. The average Bonchev–Trinajstić information content (AvgIpc) is 2.97. The molecule has 1 aromatic heterocycles. The summed E-state index contributed by atoms with van der Waals surface area (Å²) in [6, 6.07) is 11.0. The molecule has 0 spiro atoms. The molecule has 0 amide bonds. The second kappa shape index (κ2) is 6.18. The van der Waals surface area contributed by atoms with Crippen molar-refractivity contribution in [3.05, 3.63) is 52.2 Å². The van der Waals surface area contributed by atoms with E-state index in [0.29, 0.717) is 17.8 Å². The highest BCUT2D eigenvalue weighted by atomic mass is 32.1. The number of nitrogens with one attached hydrogen (secondary N) is 1. The maximum atomic E-state index is 9.85. The summed E-state index contributed by atoms with van der Waals surface area (Å²) in [5.74, 6) is 0.337. The molecule has 4 heteroatoms. The molecule has 3 rings (SSSR count). The summed E-state index contributed by atoms with van der Waals surface area (Å²) in [4.78, 5) is 2.54. The fourth-order valence-corrected chi connectivity index (χ4v) is 3.79. The molecular weight excluding hydrogens is 280 g/mol. The van der Waals surface area contributed by atoms with E-state index in [9.17, 15) is 5.11 Å². The summed E-state index contributed by atoms with van der Waals surface area (Å²) < 4.78 is 0. The average molecular weight is 302 g/mol. The van der Waals surface area contributed by atoms with Crippen molar-refractivity contribution in [1.82, 2.24) is 10.2 Å². The Morgan fingerprint density at radius 2 is 2.14 bits per heavy atom.